The van der Waals surface area contributed by atoms with Crippen LogP contribution in [-0.4, -0.2) is 14.5 Å². The molecule has 0 fully saturated rings. The molecular formula is C19H20N4O. The van der Waals surface area contributed by atoms with Crippen LogP contribution >= 0.6 is 0 Å². The van der Waals surface area contributed by atoms with Crippen LogP contribution in [0.2, 0.25) is 0 Å². The van der Waals surface area contributed by atoms with E-state index in [9.17, 15) is 4.79 Å². The molecule has 1 aromatic carbocycles. The second kappa shape index (κ2) is 7.08. The quantitative estimate of drug-likeness (QED) is 0.781. The third-order valence-electron chi connectivity index (χ3n) is 4.00. The average Bonchev–Trinajstić information content (AvgIpc) is 2.59. The van der Waals surface area contributed by atoms with Gasteiger partial charge in [0.1, 0.15) is 0 Å². The molecule has 122 valence electrons. The Hall–Kier alpha value is -2.95. The summed E-state index contributed by atoms with van der Waals surface area (Å²) in [6.45, 7) is 0. The van der Waals surface area contributed by atoms with Crippen LogP contribution in [0.4, 0.5) is 5.95 Å². The first-order valence-corrected chi connectivity index (χ1v) is 7.92. The van der Waals surface area contributed by atoms with E-state index in [4.69, 9.17) is 5.73 Å². The molecule has 0 spiro atoms. The number of aryl methyl sites for hydroxylation is 2. The van der Waals surface area contributed by atoms with Gasteiger partial charge in [0.25, 0.3) is 5.56 Å². The molecule has 0 unspecified atom stereocenters. The fraction of sp³-hybridized carbons (Fsp3) is 0.211. The molecule has 3 rings (SSSR count). The summed E-state index contributed by atoms with van der Waals surface area (Å²) in [6.07, 6.45) is 4.24. The van der Waals surface area contributed by atoms with Crippen molar-refractivity contribution in [1.29, 1.82) is 0 Å². The zero-order valence-electron chi connectivity index (χ0n) is 13.6. The molecule has 0 bridgehead atoms. The molecular weight excluding hydrogens is 300 g/mol. The third kappa shape index (κ3) is 3.87. The number of nitrogens with zero attached hydrogens (tertiary/aromatic N) is 3. The molecule has 5 heteroatoms. The van der Waals surface area contributed by atoms with Crippen molar-refractivity contribution in [3.05, 3.63) is 87.6 Å². The van der Waals surface area contributed by atoms with Crippen molar-refractivity contribution in [1.82, 2.24) is 14.5 Å². The van der Waals surface area contributed by atoms with Gasteiger partial charge in [0, 0.05) is 31.4 Å². The first-order valence-electron chi connectivity index (χ1n) is 7.92. The maximum absolute atomic E-state index is 11.8. The Morgan fingerprint density at radius 3 is 2.58 bits per heavy atom. The Morgan fingerprint density at radius 2 is 1.83 bits per heavy atom. The molecule has 0 aliphatic carbocycles. The number of pyridine rings is 1. The minimum Gasteiger partial charge on any atom is -0.369 e. The highest BCUT2D eigenvalue weighted by Crippen LogP contribution is 2.12. The number of nitrogens with two attached hydrogens (primary N) is 1. The molecule has 0 radical (unpaired) electrons. The Kier molecular flexibility index (Phi) is 4.70. The van der Waals surface area contributed by atoms with Crippen molar-refractivity contribution in [3.8, 4) is 0 Å². The summed E-state index contributed by atoms with van der Waals surface area (Å²) in [5.41, 5.74) is 9.77. The van der Waals surface area contributed by atoms with Gasteiger partial charge in [-0.25, -0.2) is 4.98 Å². The van der Waals surface area contributed by atoms with Crippen molar-refractivity contribution < 1.29 is 0 Å². The lowest BCUT2D eigenvalue weighted by Crippen LogP contribution is -2.21. The van der Waals surface area contributed by atoms with Crippen LogP contribution < -0.4 is 11.3 Å². The first-order chi connectivity index (χ1) is 11.6. The van der Waals surface area contributed by atoms with E-state index < -0.39 is 0 Å². The zero-order chi connectivity index (χ0) is 16.9. The topological polar surface area (TPSA) is 73.8 Å². The fourth-order valence-corrected chi connectivity index (χ4v) is 2.62. The van der Waals surface area contributed by atoms with Crippen LogP contribution in [-0.2, 0) is 26.3 Å². The Labute approximate surface area is 140 Å². The molecule has 2 N–H and O–H groups in total. The van der Waals surface area contributed by atoms with Gasteiger partial charge in [-0.15, -0.1) is 0 Å². The first kappa shape index (κ1) is 15.9. The second-order valence-electron chi connectivity index (χ2n) is 5.82. The predicted octanol–water partition coefficient (Wildman–Crippen LogP) is 2.13. The summed E-state index contributed by atoms with van der Waals surface area (Å²) in [7, 11) is 1.62. The summed E-state index contributed by atoms with van der Waals surface area (Å²) in [6, 6.07) is 15.8. The number of benzene rings is 1. The Morgan fingerprint density at radius 1 is 1.00 bits per heavy atom. The summed E-state index contributed by atoms with van der Waals surface area (Å²) in [5.74, 6) is 0.240. The standard InChI is InChI=1S/C19H20N4O/c1-23-18(24)13-17(22-19(23)20)12-15-6-4-5-14(11-15)8-9-16-7-2-3-10-21-16/h2-7,10-11,13H,8-9,12H2,1H3,(H2,20,22). The highest BCUT2D eigenvalue weighted by atomic mass is 16.1. The van der Waals surface area contributed by atoms with Gasteiger partial charge in [0.2, 0.25) is 5.95 Å². The van der Waals surface area contributed by atoms with E-state index in [0.29, 0.717) is 12.1 Å². The lowest BCUT2D eigenvalue weighted by Gasteiger charge is -2.07. The molecule has 3 aromatic rings. The zero-order valence-corrected chi connectivity index (χ0v) is 13.6. The maximum atomic E-state index is 11.8. The minimum absolute atomic E-state index is 0.135. The third-order valence-corrected chi connectivity index (χ3v) is 4.00. The number of aromatic nitrogens is 3. The molecule has 24 heavy (non-hydrogen) atoms. The largest absolute Gasteiger partial charge is 0.369 e. The van der Waals surface area contributed by atoms with E-state index in [1.165, 1.54) is 16.2 Å². The van der Waals surface area contributed by atoms with Gasteiger partial charge < -0.3 is 5.73 Å². The monoisotopic (exact) mass is 320 g/mol. The molecule has 0 aliphatic heterocycles. The maximum Gasteiger partial charge on any atom is 0.254 e. The van der Waals surface area contributed by atoms with E-state index in [0.717, 1.165) is 24.1 Å². The van der Waals surface area contributed by atoms with Crippen molar-refractivity contribution in [2.45, 2.75) is 19.3 Å². The molecule has 5 nitrogen and oxygen atoms in total. The van der Waals surface area contributed by atoms with E-state index in [1.54, 1.807) is 7.05 Å². The molecule has 0 amide bonds. The van der Waals surface area contributed by atoms with Crippen molar-refractivity contribution in [2.75, 3.05) is 5.73 Å². The minimum atomic E-state index is -0.135. The van der Waals surface area contributed by atoms with Gasteiger partial charge >= 0.3 is 0 Å². The number of hydrogen-bond donors (Lipinski definition) is 1. The second-order valence-corrected chi connectivity index (χ2v) is 5.82. The van der Waals surface area contributed by atoms with Crippen LogP contribution in [0.1, 0.15) is 22.5 Å². The summed E-state index contributed by atoms with van der Waals surface area (Å²) < 4.78 is 1.34. The van der Waals surface area contributed by atoms with Gasteiger partial charge in [-0.05, 0) is 36.1 Å². The number of hydrogen-bond acceptors (Lipinski definition) is 4. The molecule has 0 atom stereocenters. The van der Waals surface area contributed by atoms with Crippen LogP contribution in [0, 0.1) is 0 Å². The summed E-state index contributed by atoms with van der Waals surface area (Å²) in [4.78, 5) is 20.4. The average molecular weight is 320 g/mol. The molecule has 2 aromatic heterocycles. The van der Waals surface area contributed by atoms with E-state index in [2.05, 4.69) is 22.1 Å². The lowest BCUT2D eigenvalue weighted by atomic mass is 10.0. The highest BCUT2D eigenvalue weighted by Gasteiger charge is 2.05. The van der Waals surface area contributed by atoms with Crippen LogP contribution in [0.15, 0.2) is 59.5 Å². The normalized spacial score (nSPS) is 10.7. The summed E-state index contributed by atoms with van der Waals surface area (Å²) >= 11 is 0. The van der Waals surface area contributed by atoms with Gasteiger partial charge in [0.15, 0.2) is 0 Å². The van der Waals surface area contributed by atoms with Crippen molar-refractivity contribution in [2.24, 2.45) is 7.05 Å². The predicted molar refractivity (Wildman–Crippen MR) is 94.8 cm³/mol. The van der Waals surface area contributed by atoms with Crippen LogP contribution in [0.3, 0.4) is 0 Å². The van der Waals surface area contributed by atoms with Gasteiger partial charge in [-0.1, -0.05) is 30.3 Å². The Balaban J connectivity index is 1.72. The van der Waals surface area contributed by atoms with Gasteiger partial charge in [-0.3, -0.25) is 14.3 Å². The van der Waals surface area contributed by atoms with Gasteiger partial charge in [-0.2, -0.15) is 0 Å². The van der Waals surface area contributed by atoms with Crippen LogP contribution in [0.25, 0.3) is 0 Å². The fourth-order valence-electron chi connectivity index (χ4n) is 2.62. The van der Waals surface area contributed by atoms with E-state index in [1.807, 2.05) is 36.5 Å². The Bertz CT molecular complexity index is 887. The number of anilines is 1. The van der Waals surface area contributed by atoms with Crippen molar-refractivity contribution in [3.63, 3.8) is 0 Å². The van der Waals surface area contributed by atoms with Crippen LogP contribution in [0.5, 0.6) is 0 Å². The van der Waals surface area contributed by atoms with E-state index >= 15 is 0 Å². The number of rotatable bonds is 5. The smallest absolute Gasteiger partial charge is 0.254 e. The van der Waals surface area contributed by atoms with Crippen molar-refractivity contribution >= 4 is 5.95 Å². The SMILES string of the molecule is Cn1c(N)nc(Cc2cccc(CCc3ccccn3)c2)cc1=O. The molecule has 0 saturated heterocycles. The molecule has 0 saturated carbocycles. The highest BCUT2D eigenvalue weighted by molar-refractivity contribution is 5.29. The molecule has 0 aliphatic rings. The van der Waals surface area contributed by atoms with Gasteiger partial charge in [0.05, 0.1) is 5.69 Å². The number of nitrogen functional groups attached to an aromatic ring is 1. The van der Waals surface area contributed by atoms with E-state index in [-0.39, 0.29) is 11.5 Å². The summed E-state index contributed by atoms with van der Waals surface area (Å²) in [5, 5.41) is 0. The lowest BCUT2D eigenvalue weighted by molar-refractivity contribution is 0.824. The molecule has 2 heterocycles.